The summed E-state index contributed by atoms with van der Waals surface area (Å²) in [6.45, 7) is 4.36. The predicted molar refractivity (Wildman–Crippen MR) is 163 cm³/mol. The normalized spacial score (nSPS) is 13.2. The number of hydrogen-bond acceptors (Lipinski definition) is 9. The van der Waals surface area contributed by atoms with E-state index in [4.69, 9.17) is 23.7 Å². The summed E-state index contributed by atoms with van der Waals surface area (Å²) in [5, 5.41) is 4.23. The number of esters is 1. The van der Waals surface area contributed by atoms with E-state index in [9.17, 15) is 9.59 Å². The van der Waals surface area contributed by atoms with Crippen molar-refractivity contribution in [2.75, 3.05) is 68.3 Å². The van der Waals surface area contributed by atoms with Gasteiger partial charge in [0.2, 0.25) is 0 Å². The third kappa shape index (κ3) is 6.44. The van der Waals surface area contributed by atoms with Gasteiger partial charge < -0.3 is 33.6 Å². The number of rotatable bonds is 9. The van der Waals surface area contributed by atoms with Gasteiger partial charge >= 0.3 is 5.97 Å². The molecule has 1 N–H and O–H groups in total. The molecule has 2 heterocycles. The third-order valence-corrected chi connectivity index (χ3v) is 7.31. The van der Waals surface area contributed by atoms with Crippen LogP contribution in [0.2, 0.25) is 0 Å². The van der Waals surface area contributed by atoms with Gasteiger partial charge in [-0.2, -0.15) is 0 Å². The third-order valence-electron chi connectivity index (χ3n) is 6.73. The highest BCUT2D eigenvalue weighted by Crippen LogP contribution is 2.43. The molecule has 220 valence electrons. The number of methoxy groups -OCH3 is 5. The number of benzene rings is 2. The first kappa shape index (κ1) is 33.5. The van der Waals surface area contributed by atoms with E-state index in [0.717, 1.165) is 26.2 Å². The maximum atomic E-state index is 14.0. The van der Waals surface area contributed by atoms with Crippen molar-refractivity contribution in [2.45, 2.75) is 6.54 Å². The van der Waals surface area contributed by atoms with Crippen LogP contribution in [0.5, 0.6) is 23.0 Å². The summed E-state index contributed by atoms with van der Waals surface area (Å²) < 4.78 is 29.5. The maximum absolute atomic E-state index is 14.0. The molecule has 13 heteroatoms. The molecule has 1 saturated heterocycles. The summed E-state index contributed by atoms with van der Waals surface area (Å²) >= 11 is 3.56. The monoisotopic (exact) mass is 661 g/mol. The fourth-order valence-electron chi connectivity index (χ4n) is 4.83. The topological polar surface area (TPSA) is 100 Å². The van der Waals surface area contributed by atoms with Crippen molar-refractivity contribution in [3.05, 3.63) is 44.8 Å². The minimum atomic E-state index is -0.625. The van der Waals surface area contributed by atoms with Crippen LogP contribution < -0.4 is 29.8 Å². The average Bonchev–Trinajstić information content (AvgIpc) is 2.95. The summed E-state index contributed by atoms with van der Waals surface area (Å²) in [7, 11) is 7.43. The molecule has 0 unspecified atom stereocenters. The Bertz CT molecular complexity index is 1410. The zero-order chi connectivity index (χ0) is 27.4. The van der Waals surface area contributed by atoms with Crippen molar-refractivity contribution in [3.63, 3.8) is 0 Å². The number of piperazine rings is 1. The number of fused-ring (bicyclic) bond motifs is 1. The van der Waals surface area contributed by atoms with E-state index in [0.29, 0.717) is 62.5 Å². The fourth-order valence-corrected chi connectivity index (χ4v) is 5.43. The highest BCUT2D eigenvalue weighted by molar-refractivity contribution is 9.10. The van der Waals surface area contributed by atoms with Gasteiger partial charge in [0.25, 0.3) is 5.56 Å². The molecule has 0 amide bonds. The smallest absolute Gasteiger partial charge is 0.355 e. The highest BCUT2D eigenvalue weighted by Gasteiger charge is 2.27. The molecule has 1 aliphatic rings. The minimum Gasteiger partial charge on any atom is -0.493 e. The Morgan fingerprint density at radius 1 is 0.850 bits per heavy atom. The molecular weight excluding hydrogens is 629 g/mol. The quantitative estimate of drug-likeness (QED) is 0.341. The van der Waals surface area contributed by atoms with Gasteiger partial charge in [-0.15, -0.1) is 24.8 Å². The fraction of sp³-hybridized carbons (Fsp3) is 0.407. The summed E-state index contributed by atoms with van der Waals surface area (Å²) in [5.74, 6) is 1.18. The summed E-state index contributed by atoms with van der Waals surface area (Å²) in [5.41, 5.74) is 0.962. The van der Waals surface area contributed by atoms with E-state index in [2.05, 4.69) is 26.1 Å². The van der Waals surface area contributed by atoms with Gasteiger partial charge in [-0.05, 0) is 45.8 Å². The molecule has 2 aromatic carbocycles. The summed E-state index contributed by atoms with van der Waals surface area (Å²) in [6, 6.07) is 6.96. The molecular formula is C27H34BrCl2N3O7. The van der Waals surface area contributed by atoms with E-state index < -0.39 is 5.97 Å². The first-order valence-electron chi connectivity index (χ1n) is 12.1. The van der Waals surface area contributed by atoms with E-state index in [1.54, 1.807) is 25.3 Å². The first-order chi connectivity index (χ1) is 18.4. The Kier molecular flexibility index (Phi) is 12.4. The van der Waals surface area contributed by atoms with E-state index in [1.807, 2.05) is 6.07 Å². The number of carbonyl (C=O) groups is 1. The van der Waals surface area contributed by atoms with Crippen molar-refractivity contribution in [2.24, 2.45) is 0 Å². The van der Waals surface area contributed by atoms with Crippen LogP contribution in [0, 0.1) is 0 Å². The average molecular weight is 663 g/mol. The van der Waals surface area contributed by atoms with Gasteiger partial charge in [0.05, 0.1) is 45.4 Å². The second-order valence-corrected chi connectivity index (χ2v) is 9.56. The Hall–Kier alpha value is -2.70. The molecule has 10 nitrogen and oxygen atoms in total. The molecule has 0 saturated carbocycles. The lowest BCUT2D eigenvalue weighted by Crippen LogP contribution is -2.45. The van der Waals surface area contributed by atoms with Crippen molar-refractivity contribution in [1.29, 1.82) is 0 Å². The van der Waals surface area contributed by atoms with Crippen LogP contribution in [0.25, 0.3) is 21.9 Å². The predicted octanol–water partition coefficient (Wildman–Crippen LogP) is 4.00. The minimum absolute atomic E-state index is 0. The van der Waals surface area contributed by atoms with Crippen LogP contribution in [-0.4, -0.2) is 83.7 Å². The summed E-state index contributed by atoms with van der Waals surface area (Å²) in [4.78, 5) is 29.6. The molecule has 0 radical (unpaired) electrons. The van der Waals surface area contributed by atoms with Gasteiger partial charge in [-0.3, -0.25) is 9.69 Å². The van der Waals surface area contributed by atoms with Crippen molar-refractivity contribution in [1.82, 2.24) is 14.8 Å². The molecule has 0 atom stereocenters. The number of aromatic nitrogens is 1. The second-order valence-electron chi connectivity index (χ2n) is 8.71. The Balaban J connectivity index is 0.00000280. The van der Waals surface area contributed by atoms with Crippen molar-refractivity contribution >= 4 is 57.5 Å². The number of nitrogens with one attached hydrogen (secondary N) is 1. The van der Waals surface area contributed by atoms with E-state index >= 15 is 0 Å². The summed E-state index contributed by atoms with van der Waals surface area (Å²) in [6.07, 6.45) is 0. The van der Waals surface area contributed by atoms with Gasteiger partial charge in [0.15, 0.2) is 23.0 Å². The van der Waals surface area contributed by atoms with Crippen LogP contribution in [-0.2, 0) is 11.3 Å². The van der Waals surface area contributed by atoms with Gasteiger partial charge in [0.1, 0.15) is 5.69 Å². The molecule has 3 aromatic rings. The Labute approximate surface area is 253 Å². The lowest BCUT2D eigenvalue weighted by molar-refractivity contribution is 0.0587. The second kappa shape index (κ2) is 14.8. The number of ether oxygens (including phenoxy) is 5. The van der Waals surface area contributed by atoms with Gasteiger partial charge in [-0.1, -0.05) is 0 Å². The van der Waals surface area contributed by atoms with Crippen LogP contribution in [0.15, 0.2) is 33.5 Å². The van der Waals surface area contributed by atoms with Crippen molar-refractivity contribution < 1.29 is 28.5 Å². The molecule has 40 heavy (non-hydrogen) atoms. The number of halogens is 3. The van der Waals surface area contributed by atoms with E-state index in [-0.39, 0.29) is 36.1 Å². The van der Waals surface area contributed by atoms with E-state index in [1.165, 1.54) is 33.0 Å². The molecule has 1 fully saturated rings. The molecule has 0 aliphatic carbocycles. The number of hydrogen-bond donors (Lipinski definition) is 1. The van der Waals surface area contributed by atoms with Crippen LogP contribution in [0.3, 0.4) is 0 Å². The maximum Gasteiger partial charge on any atom is 0.355 e. The lowest BCUT2D eigenvalue weighted by atomic mass is 9.95. The Morgan fingerprint density at radius 2 is 1.45 bits per heavy atom. The lowest BCUT2D eigenvalue weighted by Gasteiger charge is -2.28. The molecule has 0 spiro atoms. The number of pyridine rings is 1. The SMILES string of the molecule is COC(=O)c1c(-c2cc(Br)c(OC)c(OC)c2)c2cc(OC)c(OC)cc2c(=O)n1CCN1CCNCC1.Cl.Cl. The standard InChI is InChI=1S/C27H32BrN3O7.2ClH/c1-34-20-14-17-18(15-21(20)35-2)26(32)31(11-10-30-8-6-29-7-9-30)24(27(33)38-5)23(17)16-12-19(28)25(37-4)22(13-16)36-3;;/h12-15,29H,6-11H2,1-5H3;2*1H. The molecule has 1 aliphatic heterocycles. The zero-order valence-electron chi connectivity index (χ0n) is 23.0. The van der Waals surface area contributed by atoms with Gasteiger partial charge in [0, 0.05) is 50.2 Å². The molecule has 4 rings (SSSR count). The van der Waals surface area contributed by atoms with Gasteiger partial charge in [-0.25, -0.2) is 4.79 Å². The van der Waals surface area contributed by atoms with Crippen LogP contribution >= 0.6 is 40.7 Å². The van der Waals surface area contributed by atoms with Crippen LogP contribution in [0.1, 0.15) is 10.5 Å². The molecule has 0 bridgehead atoms. The molecule has 1 aromatic heterocycles. The first-order valence-corrected chi connectivity index (χ1v) is 12.9. The van der Waals surface area contributed by atoms with Crippen LogP contribution in [0.4, 0.5) is 0 Å². The number of nitrogens with zero attached hydrogens (tertiary/aromatic N) is 2. The largest absolute Gasteiger partial charge is 0.493 e. The van der Waals surface area contributed by atoms with Crippen molar-refractivity contribution in [3.8, 4) is 34.1 Å². The number of carbonyl (C=O) groups excluding carboxylic acids is 1. The Morgan fingerprint density at radius 3 is 2.00 bits per heavy atom. The zero-order valence-corrected chi connectivity index (χ0v) is 26.2. The highest BCUT2D eigenvalue weighted by atomic mass is 79.9.